The van der Waals surface area contributed by atoms with Gasteiger partial charge in [-0.15, -0.1) is 0 Å². The maximum Gasteiger partial charge on any atom is 0.0894 e. The third-order valence-corrected chi connectivity index (χ3v) is 3.76. The fraction of sp³-hybridized carbons (Fsp3) is 0.357. The second kappa shape index (κ2) is 5.12. The molecule has 0 aliphatic rings. The normalized spacial score (nSPS) is 12.7. The van der Waals surface area contributed by atoms with Crippen LogP contribution in [0.15, 0.2) is 24.3 Å². The van der Waals surface area contributed by atoms with Crippen molar-refractivity contribution in [2.24, 2.45) is 5.73 Å². The van der Waals surface area contributed by atoms with Crippen molar-refractivity contribution in [2.75, 3.05) is 6.54 Å². The Morgan fingerprint density at radius 2 is 1.83 bits per heavy atom. The zero-order valence-electron chi connectivity index (χ0n) is 10.9. The van der Waals surface area contributed by atoms with E-state index in [0.717, 1.165) is 22.0 Å². The van der Waals surface area contributed by atoms with Crippen LogP contribution in [0.3, 0.4) is 0 Å². The number of nitrogens with zero attached hydrogens (tertiary/aromatic N) is 2. The van der Waals surface area contributed by atoms with E-state index in [1.54, 1.807) is 0 Å². The lowest BCUT2D eigenvalue weighted by Gasteiger charge is -2.18. The third-order valence-electron chi connectivity index (χ3n) is 3.22. The maximum atomic E-state index is 6.19. The molecular formula is C14H18ClN3. The molecule has 2 aromatic rings. The van der Waals surface area contributed by atoms with Gasteiger partial charge in [0, 0.05) is 6.54 Å². The molecule has 1 atom stereocenters. The summed E-state index contributed by atoms with van der Waals surface area (Å²) in [6.07, 6.45) is 0. The van der Waals surface area contributed by atoms with E-state index in [2.05, 4.69) is 36.3 Å². The van der Waals surface area contributed by atoms with Crippen molar-refractivity contribution in [3.05, 3.63) is 51.8 Å². The monoisotopic (exact) mass is 263 g/mol. The molecule has 2 rings (SSSR count). The van der Waals surface area contributed by atoms with Crippen LogP contribution in [0.2, 0.25) is 5.02 Å². The Morgan fingerprint density at radius 3 is 2.28 bits per heavy atom. The summed E-state index contributed by atoms with van der Waals surface area (Å²) < 4.78 is 1.92. The molecule has 0 saturated heterocycles. The van der Waals surface area contributed by atoms with Gasteiger partial charge in [-0.3, -0.25) is 4.68 Å². The Balaban J connectivity index is 2.45. The van der Waals surface area contributed by atoms with Crippen molar-refractivity contribution in [3.8, 4) is 0 Å². The average Bonchev–Trinajstić information content (AvgIpc) is 2.61. The minimum Gasteiger partial charge on any atom is -0.328 e. The highest BCUT2D eigenvalue weighted by Gasteiger charge is 2.18. The van der Waals surface area contributed by atoms with E-state index in [0.29, 0.717) is 6.54 Å². The van der Waals surface area contributed by atoms with Crippen LogP contribution >= 0.6 is 11.6 Å². The fourth-order valence-electron chi connectivity index (χ4n) is 2.11. The van der Waals surface area contributed by atoms with Crippen LogP contribution < -0.4 is 5.73 Å². The summed E-state index contributed by atoms with van der Waals surface area (Å²) in [5.41, 5.74) is 10.1. The highest BCUT2D eigenvalue weighted by Crippen LogP contribution is 2.25. The minimum absolute atomic E-state index is 0.0387. The van der Waals surface area contributed by atoms with Crippen LogP contribution in [0.25, 0.3) is 0 Å². The smallest absolute Gasteiger partial charge is 0.0894 e. The van der Waals surface area contributed by atoms with E-state index in [1.165, 1.54) is 5.56 Å². The highest BCUT2D eigenvalue weighted by atomic mass is 35.5. The van der Waals surface area contributed by atoms with Crippen LogP contribution in [0, 0.1) is 20.8 Å². The molecule has 0 bridgehead atoms. The molecule has 1 heterocycles. The summed E-state index contributed by atoms with van der Waals surface area (Å²) in [6.45, 7) is 6.45. The number of halogens is 1. The molecule has 1 unspecified atom stereocenters. The Labute approximate surface area is 113 Å². The molecule has 1 aromatic carbocycles. The number of nitrogens with two attached hydrogens (primary N) is 1. The molecule has 0 aliphatic heterocycles. The first-order chi connectivity index (χ1) is 8.54. The number of aryl methyl sites for hydroxylation is 2. The Bertz CT molecular complexity index is 543. The van der Waals surface area contributed by atoms with Crippen LogP contribution in [0.1, 0.15) is 28.6 Å². The van der Waals surface area contributed by atoms with Crippen LogP contribution in [0.4, 0.5) is 0 Å². The lowest BCUT2D eigenvalue weighted by atomic mass is 10.1. The second-order valence-electron chi connectivity index (χ2n) is 4.59. The van der Waals surface area contributed by atoms with E-state index in [9.17, 15) is 0 Å². The molecule has 0 fully saturated rings. The van der Waals surface area contributed by atoms with Gasteiger partial charge >= 0.3 is 0 Å². The Hall–Kier alpha value is -1.32. The van der Waals surface area contributed by atoms with Gasteiger partial charge in [0.25, 0.3) is 0 Å². The number of hydrogen-bond donors (Lipinski definition) is 1. The Kier molecular flexibility index (Phi) is 3.73. The van der Waals surface area contributed by atoms with Crippen molar-refractivity contribution >= 4 is 11.6 Å². The molecule has 4 heteroatoms. The summed E-state index contributed by atoms with van der Waals surface area (Å²) in [5.74, 6) is 0. The van der Waals surface area contributed by atoms with Gasteiger partial charge in [-0.05, 0) is 26.3 Å². The number of hydrogen-bond acceptors (Lipinski definition) is 2. The van der Waals surface area contributed by atoms with Crippen molar-refractivity contribution in [3.63, 3.8) is 0 Å². The SMILES string of the molecule is Cc1ccc(C(CN)n2nc(C)c(Cl)c2C)cc1. The highest BCUT2D eigenvalue weighted by molar-refractivity contribution is 6.31. The fourth-order valence-corrected chi connectivity index (χ4v) is 2.24. The summed E-state index contributed by atoms with van der Waals surface area (Å²) in [6, 6.07) is 8.40. The van der Waals surface area contributed by atoms with E-state index >= 15 is 0 Å². The minimum atomic E-state index is 0.0387. The summed E-state index contributed by atoms with van der Waals surface area (Å²) in [4.78, 5) is 0. The topological polar surface area (TPSA) is 43.8 Å². The quantitative estimate of drug-likeness (QED) is 0.925. The van der Waals surface area contributed by atoms with Crippen molar-refractivity contribution < 1.29 is 0 Å². The number of aromatic nitrogens is 2. The third kappa shape index (κ3) is 2.28. The summed E-state index contributed by atoms with van der Waals surface area (Å²) >= 11 is 6.19. The van der Waals surface area contributed by atoms with Crippen molar-refractivity contribution in [1.82, 2.24) is 9.78 Å². The van der Waals surface area contributed by atoms with E-state index in [4.69, 9.17) is 17.3 Å². The predicted octanol–water partition coefficient (Wildman–Crippen LogP) is 3.01. The molecule has 1 aromatic heterocycles. The molecule has 0 saturated carbocycles. The molecular weight excluding hydrogens is 246 g/mol. The van der Waals surface area contributed by atoms with Crippen LogP contribution in [-0.2, 0) is 0 Å². The first-order valence-corrected chi connectivity index (χ1v) is 6.40. The molecule has 18 heavy (non-hydrogen) atoms. The van der Waals surface area contributed by atoms with Gasteiger partial charge < -0.3 is 5.73 Å². The van der Waals surface area contributed by atoms with Gasteiger partial charge in [0.1, 0.15) is 0 Å². The molecule has 0 radical (unpaired) electrons. The number of rotatable bonds is 3. The second-order valence-corrected chi connectivity index (χ2v) is 4.97. The molecule has 0 spiro atoms. The van der Waals surface area contributed by atoms with Gasteiger partial charge in [0.05, 0.1) is 22.5 Å². The van der Waals surface area contributed by atoms with Gasteiger partial charge in [-0.25, -0.2) is 0 Å². The van der Waals surface area contributed by atoms with Gasteiger partial charge in [-0.1, -0.05) is 41.4 Å². The maximum absolute atomic E-state index is 6.19. The van der Waals surface area contributed by atoms with E-state index in [-0.39, 0.29) is 6.04 Å². The lowest BCUT2D eigenvalue weighted by molar-refractivity contribution is 0.516. The van der Waals surface area contributed by atoms with Crippen LogP contribution in [0.5, 0.6) is 0 Å². The van der Waals surface area contributed by atoms with Gasteiger partial charge in [0.2, 0.25) is 0 Å². The largest absolute Gasteiger partial charge is 0.328 e. The average molecular weight is 264 g/mol. The molecule has 0 amide bonds. The molecule has 2 N–H and O–H groups in total. The summed E-state index contributed by atoms with van der Waals surface area (Å²) in [7, 11) is 0. The van der Waals surface area contributed by atoms with Gasteiger partial charge in [0.15, 0.2) is 0 Å². The first-order valence-electron chi connectivity index (χ1n) is 6.02. The van der Waals surface area contributed by atoms with Crippen molar-refractivity contribution in [2.45, 2.75) is 26.8 Å². The van der Waals surface area contributed by atoms with Crippen molar-refractivity contribution in [1.29, 1.82) is 0 Å². The predicted molar refractivity (Wildman–Crippen MR) is 75.1 cm³/mol. The van der Waals surface area contributed by atoms with Gasteiger partial charge in [-0.2, -0.15) is 5.10 Å². The first kappa shape index (κ1) is 13.1. The standard InChI is InChI=1S/C14H18ClN3/c1-9-4-6-12(7-5-9)13(8-16)18-11(3)14(15)10(2)17-18/h4-7,13H,8,16H2,1-3H3. The molecule has 96 valence electrons. The zero-order chi connectivity index (χ0) is 13.3. The van der Waals surface area contributed by atoms with E-state index in [1.807, 2.05) is 18.5 Å². The summed E-state index contributed by atoms with van der Waals surface area (Å²) in [5, 5.41) is 5.21. The van der Waals surface area contributed by atoms with E-state index < -0.39 is 0 Å². The lowest BCUT2D eigenvalue weighted by Crippen LogP contribution is -2.22. The molecule has 0 aliphatic carbocycles. The van der Waals surface area contributed by atoms with Crippen LogP contribution in [-0.4, -0.2) is 16.3 Å². The molecule has 3 nitrogen and oxygen atoms in total. The zero-order valence-corrected chi connectivity index (χ0v) is 11.7. The Morgan fingerprint density at radius 1 is 1.22 bits per heavy atom. The number of benzene rings is 1.